The van der Waals surface area contributed by atoms with Crippen molar-refractivity contribution < 1.29 is 19.4 Å². The Bertz CT molecular complexity index is 1600. The van der Waals surface area contributed by atoms with Gasteiger partial charge in [-0.05, 0) is 58.0 Å². The number of pyridine rings is 1. The van der Waals surface area contributed by atoms with Crippen LogP contribution in [0, 0.1) is 0 Å². The highest BCUT2D eigenvalue weighted by atomic mass is 32.2. The maximum Gasteiger partial charge on any atom is 0.257 e. The van der Waals surface area contributed by atoms with Gasteiger partial charge in [-0.25, -0.2) is 0 Å². The van der Waals surface area contributed by atoms with Crippen molar-refractivity contribution in [3.63, 3.8) is 0 Å². The van der Waals surface area contributed by atoms with Crippen molar-refractivity contribution in [2.75, 3.05) is 11.1 Å². The summed E-state index contributed by atoms with van der Waals surface area (Å²) >= 11 is 1.52. The second-order valence-electron chi connectivity index (χ2n) is 9.69. The summed E-state index contributed by atoms with van der Waals surface area (Å²) in [6.45, 7) is -0.0173. The number of anilines is 1. The van der Waals surface area contributed by atoms with E-state index < -0.39 is 6.29 Å². The molecule has 3 heterocycles. The first-order valence-electron chi connectivity index (χ1n) is 13.4. The number of amides is 1. The monoisotopic (exact) mass is 580 g/mol. The number of nitrogens with one attached hydrogen (secondary N) is 1. The summed E-state index contributed by atoms with van der Waals surface area (Å²) in [6, 6.07) is 28.4. The second kappa shape index (κ2) is 13.0. The molecule has 1 amide bonds. The molecule has 10 nitrogen and oxygen atoms in total. The van der Waals surface area contributed by atoms with Crippen LogP contribution >= 0.6 is 11.8 Å². The largest absolute Gasteiger partial charge is 0.392 e. The van der Waals surface area contributed by atoms with Gasteiger partial charge in [0.2, 0.25) is 5.16 Å². The Labute approximate surface area is 246 Å². The molecule has 3 unspecified atom stereocenters. The molecule has 212 valence electrons. The molecule has 0 aliphatic carbocycles. The van der Waals surface area contributed by atoms with Crippen molar-refractivity contribution in [3.8, 4) is 5.69 Å². The topological polar surface area (TPSA) is 124 Å². The number of rotatable bonds is 9. The number of ether oxygens (including phenoxy) is 2. The fraction of sp³-hybridized carbons (Fsp3) is 0.194. The highest BCUT2D eigenvalue weighted by Crippen LogP contribution is 2.39. The number of para-hydroxylation sites is 1. The van der Waals surface area contributed by atoms with E-state index >= 15 is 0 Å². The third kappa shape index (κ3) is 6.55. The van der Waals surface area contributed by atoms with Gasteiger partial charge in [0, 0.05) is 35.8 Å². The molecular weight excluding hydrogens is 552 g/mol. The summed E-state index contributed by atoms with van der Waals surface area (Å²) in [4.78, 5) is 16.5. The first-order chi connectivity index (χ1) is 20.7. The van der Waals surface area contributed by atoms with Crippen molar-refractivity contribution in [3.05, 3.63) is 126 Å². The lowest BCUT2D eigenvalue weighted by Gasteiger charge is -2.36. The lowest BCUT2D eigenvalue weighted by molar-refractivity contribution is -0.245. The number of hydrogen-bond donors (Lipinski definition) is 2. The summed E-state index contributed by atoms with van der Waals surface area (Å²) in [5, 5.41) is 25.3. The molecule has 0 spiro atoms. The van der Waals surface area contributed by atoms with E-state index in [1.807, 2.05) is 78.9 Å². The average Bonchev–Trinajstić information content (AvgIpc) is 3.54. The van der Waals surface area contributed by atoms with Crippen LogP contribution in [0.3, 0.4) is 0 Å². The highest BCUT2D eigenvalue weighted by Gasteiger charge is 2.32. The van der Waals surface area contributed by atoms with Crippen LogP contribution in [-0.2, 0) is 16.1 Å². The van der Waals surface area contributed by atoms with Gasteiger partial charge in [-0.1, -0.05) is 66.4 Å². The Morgan fingerprint density at radius 1 is 0.952 bits per heavy atom. The standard InChI is InChI=1S/C31H28N6O4S/c38-19-21-8-10-22(11-9-21)28-17-27(20-42-31-34-35-36-37(31)26-6-2-1-3-7-26)40-30(41-28)23-12-14-25(15-13-23)33-29(39)24-5-4-16-32-18-24/h1-16,18,27-28,30,38H,17,19-20H2,(H,33,39). The Kier molecular flexibility index (Phi) is 8.61. The van der Waals surface area contributed by atoms with E-state index in [2.05, 4.69) is 25.8 Å². The number of aromatic nitrogens is 5. The molecule has 3 aromatic carbocycles. The number of aliphatic hydroxyl groups is 1. The molecule has 42 heavy (non-hydrogen) atoms. The molecule has 11 heteroatoms. The van der Waals surface area contributed by atoms with E-state index in [1.54, 1.807) is 23.0 Å². The van der Waals surface area contributed by atoms with Gasteiger partial charge in [0.15, 0.2) is 6.29 Å². The summed E-state index contributed by atoms with van der Waals surface area (Å²) in [5.41, 5.74) is 4.69. The third-order valence-corrected chi connectivity index (χ3v) is 7.87. The van der Waals surface area contributed by atoms with Crippen LogP contribution in [0.2, 0.25) is 0 Å². The van der Waals surface area contributed by atoms with E-state index in [9.17, 15) is 9.90 Å². The van der Waals surface area contributed by atoms with Crippen molar-refractivity contribution in [2.45, 2.75) is 36.7 Å². The Hall–Kier alpha value is -4.42. The van der Waals surface area contributed by atoms with E-state index in [1.165, 1.54) is 18.0 Å². The minimum Gasteiger partial charge on any atom is -0.392 e. The predicted octanol–water partition coefficient (Wildman–Crippen LogP) is 5.14. The number of thioether (sulfide) groups is 1. The SMILES string of the molecule is O=C(Nc1ccc(C2OC(CSc3nnnn3-c3ccccc3)CC(c3ccc(CO)cc3)O2)cc1)c1cccnc1. The van der Waals surface area contributed by atoms with E-state index in [0.29, 0.717) is 28.6 Å². The molecule has 0 bridgehead atoms. The highest BCUT2D eigenvalue weighted by molar-refractivity contribution is 7.99. The molecule has 1 saturated heterocycles. The Morgan fingerprint density at radius 2 is 1.74 bits per heavy atom. The molecular formula is C31H28N6O4S. The van der Waals surface area contributed by atoms with Gasteiger partial charge in [0.25, 0.3) is 5.91 Å². The third-order valence-electron chi connectivity index (χ3n) is 6.82. The summed E-state index contributed by atoms with van der Waals surface area (Å²) in [7, 11) is 0. The quantitative estimate of drug-likeness (QED) is 0.228. The van der Waals surface area contributed by atoms with Crippen LogP contribution < -0.4 is 5.32 Å². The van der Waals surface area contributed by atoms with Crippen molar-refractivity contribution in [2.24, 2.45) is 0 Å². The predicted molar refractivity (Wildman–Crippen MR) is 157 cm³/mol. The Morgan fingerprint density at radius 3 is 2.48 bits per heavy atom. The van der Waals surface area contributed by atoms with Gasteiger partial charge >= 0.3 is 0 Å². The van der Waals surface area contributed by atoms with Gasteiger partial charge in [-0.3, -0.25) is 9.78 Å². The van der Waals surface area contributed by atoms with Crippen LogP contribution in [0.4, 0.5) is 5.69 Å². The van der Waals surface area contributed by atoms with Gasteiger partial charge in [0.1, 0.15) is 0 Å². The zero-order valence-electron chi connectivity index (χ0n) is 22.5. The molecule has 1 aliphatic rings. The fourth-order valence-electron chi connectivity index (χ4n) is 4.61. The first kappa shape index (κ1) is 27.7. The van der Waals surface area contributed by atoms with Crippen LogP contribution in [-0.4, -0.2) is 48.1 Å². The molecule has 3 atom stereocenters. The van der Waals surface area contributed by atoms with E-state index in [0.717, 1.165) is 22.4 Å². The molecule has 1 aliphatic heterocycles. The van der Waals surface area contributed by atoms with Crippen molar-refractivity contribution in [1.29, 1.82) is 0 Å². The number of carbonyl (C=O) groups excluding carboxylic acids is 1. The van der Waals surface area contributed by atoms with Gasteiger partial charge in [-0.15, -0.1) is 5.10 Å². The minimum absolute atomic E-state index is 0.0173. The van der Waals surface area contributed by atoms with Crippen LogP contribution in [0.1, 0.15) is 45.9 Å². The van der Waals surface area contributed by atoms with Crippen molar-refractivity contribution >= 4 is 23.4 Å². The normalized spacial score (nSPS) is 18.5. The summed E-state index contributed by atoms with van der Waals surface area (Å²) in [6.07, 6.45) is 2.77. The molecule has 1 fully saturated rings. The summed E-state index contributed by atoms with van der Waals surface area (Å²) in [5.74, 6) is 0.375. The van der Waals surface area contributed by atoms with Gasteiger partial charge in [-0.2, -0.15) is 4.68 Å². The smallest absolute Gasteiger partial charge is 0.257 e. The molecule has 5 aromatic rings. The van der Waals surface area contributed by atoms with Crippen molar-refractivity contribution in [1.82, 2.24) is 25.2 Å². The maximum absolute atomic E-state index is 12.5. The number of tetrazole rings is 1. The van der Waals surface area contributed by atoms with Gasteiger partial charge < -0.3 is 19.9 Å². The van der Waals surface area contributed by atoms with Crippen LogP contribution in [0.5, 0.6) is 0 Å². The van der Waals surface area contributed by atoms with Crippen LogP contribution in [0.25, 0.3) is 5.69 Å². The van der Waals surface area contributed by atoms with Crippen LogP contribution in [0.15, 0.2) is 109 Å². The molecule has 0 radical (unpaired) electrons. The van der Waals surface area contributed by atoms with E-state index in [4.69, 9.17) is 9.47 Å². The number of nitrogens with zero attached hydrogens (tertiary/aromatic N) is 5. The molecule has 2 N–H and O–H groups in total. The van der Waals surface area contributed by atoms with E-state index in [-0.39, 0.29) is 24.7 Å². The Balaban J connectivity index is 1.18. The first-order valence-corrected chi connectivity index (χ1v) is 14.4. The molecule has 2 aromatic heterocycles. The average molecular weight is 581 g/mol. The summed E-state index contributed by atoms with van der Waals surface area (Å²) < 4.78 is 14.6. The second-order valence-corrected chi connectivity index (χ2v) is 10.7. The molecule has 6 rings (SSSR count). The number of aliphatic hydroxyl groups excluding tert-OH is 1. The lowest BCUT2D eigenvalue weighted by atomic mass is 10.0. The number of benzene rings is 3. The zero-order valence-corrected chi connectivity index (χ0v) is 23.3. The minimum atomic E-state index is -0.625. The zero-order chi connectivity index (χ0) is 28.7. The number of carbonyl (C=O) groups is 1. The maximum atomic E-state index is 12.5. The fourth-order valence-corrected chi connectivity index (χ4v) is 5.52. The number of hydrogen-bond acceptors (Lipinski definition) is 9. The van der Waals surface area contributed by atoms with Gasteiger partial charge in [0.05, 0.1) is 30.1 Å². The molecule has 0 saturated carbocycles. The lowest BCUT2D eigenvalue weighted by Crippen LogP contribution is -2.31.